The van der Waals surface area contributed by atoms with Crippen molar-refractivity contribution in [1.29, 1.82) is 0 Å². The largest absolute Gasteiger partial charge is 0.377 e. The number of halogens is 1. The van der Waals surface area contributed by atoms with Gasteiger partial charge in [0.25, 0.3) is 20.0 Å². The Kier molecular flexibility index (Phi) is 9.33. The molecule has 9 nitrogen and oxygen atoms in total. The van der Waals surface area contributed by atoms with Crippen molar-refractivity contribution < 1.29 is 16.8 Å². The van der Waals surface area contributed by atoms with E-state index in [1.54, 1.807) is 48.5 Å². The number of sulfonamides is 2. The van der Waals surface area contributed by atoms with Gasteiger partial charge in [-0.05, 0) is 55.4 Å². The first-order chi connectivity index (χ1) is 19.2. The van der Waals surface area contributed by atoms with Crippen molar-refractivity contribution in [3.8, 4) is 0 Å². The Hall–Kier alpha value is -3.51. The molecule has 218 valence electrons. The Bertz CT molecular complexity index is 1730. The molecule has 0 aliphatic carbocycles. The standard InChI is InChI=1S/C29H33N5O4S2.ClH/c1-33(2)28-13-6-12-25-24(28)11-7-14-29(25)40(37,38)31-26-16-15-22(34-19-8-17-30-18-20-34)21-27(26)32-39(35,36)23-9-4-3-5-10-23;/h3-7,9-16,21,30-32H,8,17-20H2,1-2H3;1H. The van der Waals surface area contributed by atoms with Crippen LogP contribution < -0.4 is 24.6 Å². The van der Waals surface area contributed by atoms with Crippen LogP contribution in [0.2, 0.25) is 0 Å². The van der Waals surface area contributed by atoms with Gasteiger partial charge in [-0.25, -0.2) is 16.8 Å². The SMILES string of the molecule is CN(C)c1cccc2c(S(=O)(=O)Nc3ccc(N4CCCNCC4)cc3NS(=O)(=O)c3ccccc3)cccc12.Cl. The molecule has 0 bridgehead atoms. The molecule has 5 rings (SSSR count). The quantitative estimate of drug-likeness (QED) is 0.263. The van der Waals surface area contributed by atoms with Crippen molar-refractivity contribution in [1.82, 2.24) is 5.32 Å². The lowest BCUT2D eigenvalue weighted by Gasteiger charge is -2.24. The summed E-state index contributed by atoms with van der Waals surface area (Å²) in [5, 5.41) is 4.73. The molecule has 1 saturated heterocycles. The molecule has 4 aromatic carbocycles. The van der Waals surface area contributed by atoms with Crippen molar-refractivity contribution in [3.05, 3.63) is 84.9 Å². The topological polar surface area (TPSA) is 111 Å². The van der Waals surface area contributed by atoms with Crippen molar-refractivity contribution in [2.75, 3.05) is 59.5 Å². The van der Waals surface area contributed by atoms with Crippen LogP contribution >= 0.6 is 12.4 Å². The number of hydrogen-bond acceptors (Lipinski definition) is 7. The highest BCUT2D eigenvalue weighted by atomic mass is 35.5. The minimum Gasteiger partial charge on any atom is -0.377 e. The van der Waals surface area contributed by atoms with E-state index in [4.69, 9.17) is 0 Å². The fourth-order valence-corrected chi connectivity index (χ4v) is 7.29. The average Bonchev–Trinajstić information content (AvgIpc) is 3.23. The molecule has 0 saturated carbocycles. The summed E-state index contributed by atoms with van der Waals surface area (Å²) < 4.78 is 59.5. The Morgan fingerprint density at radius 3 is 2.20 bits per heavy atom. The molecular weight excluding hydrogens is 582 g/mol. The van der Waals surface area contributed by atoms with Crippen molar-refractivity contribution in [2.45, 2.75) is 16.2 Å². The van der Waals surface area contributed by atoms with Crippen molar-refractivity contribution >= 4 is 66.0 Å². The van der Waals surface area contributed by atoms with Gasteiger partial charge in [-0.1, -0.05) is 42.5 Å². The third-order valence-electron chi connectivity index (χ3n) is 6.88. The first-order valence-electron chi connectivity index (χ1n) is 13.1. The Balaban J connectivity index is 0.00000387. The number of nitrogens with zero attached hydrogens (tertiary/aromatic N) is 2. The van der Waals surface area contributed by atoms with Gasteiger partial charge >= 0.3 is 0 Å². The van der Waals surface area contributed by atoms with E-state index < -0.39 is 20.0 Å². The van der Waals surface area contributed by atoms with Crippen LogP contribution in [-0.4, -0.2) is 57.1 Å². The van der Waals surface area contributed by atoms with Gasteiger partial charge in [0.1, 0.15) is 0 Å². The van der Waals surface area contributed by atoms with Gasteiger partial charge < -0.3 is 15.1 Å². The van der Waals surface area contributed by atoms with Crippen LogP contribution in [-0.2, 0) is 20.0 Å². The second-order valence-corrected chi connectivity index (χ2v) is 13.2. The van der Waals surface area contributed by atoms with Crippen molar-refractivity contribution in [2.24, 2.45) is 0 Å². The molecule has 0 unspecified atom stereocenters. The molecule has 12 heteroatoms. The average molecular weight is 616 g/mol. The molecule has 3 N–H and O–H groups in total. The monoisotopic (exact) mass is 615 g/mol. The molecule has 0 radical (unpaired) electrons. The zero-order valence-electron chi connectivity index (χ0n) is 22.9. The normalized spacial score (nSPS) is 14.1. The molecular formula is C29H34ClN5O4S2. The lowest BCUT2D eigenvalue weighted by molar-refractivity contribution is 0.599. The molecule has 1 fully saturated rings. The van der Waals surface area contributed by atoms with E-state index in [9.17, 15) is 16.8 Å². The van der Waals surface area contributed by atoms with Crippen LogP contribution in [0.5, 0.6) is 0 Å². The maximum Gasteiger partial charge on any atom is 0.262 e. The van der Waals surface area contributed by atoms with Gasteiger partial charge in [0.15, 0.2) is 0 Å². The van der Waals surface area contributed by atoms with Crippen LogP contribution in [0.3, 0.4) is 0 Å². The lowest BCUT2D eigenvalue weighted by Crippen LogP contribution is -2.28. The summed E-state index contributed by atoms with van der Waals surface area (Å²) in [6.45, 7) is 3.26. The summed E-state index contributed by atoms with van der Waals surface area (Å²) in [7, 11) is -4.27. The number of anilines is 4. The van der Waals surface area contributed by atoms with Crippen LogP contribution in [0.4, 0.5) is 22.7 Å². The summed E-state index contributed by atoms with van der Waals surface area (Å²) in [6, 6.07) is 23.8. The summed E-state index contributed by atoms with van der Waals surface area (Å²) in [5.41, 5.74) is 1.98. The number of fused-ring (bicyclic) bond motifs is 1. The third-order valence-corrected chi connectivity index (χ3v) is 9.69. The molecule has 1 heterocycles. The van der Waals surface area contributed by atoms with E-state index in [2.05, 4.69) is 19.7 Å². The molecule has 41 heavy (non-hydrogen) atoms. The van der Waals surface area contributed by atoms with E-state index in [0.717, 1.165) is 49.4 Å². The molecule has 0 amide bonds. The highest BCUT2D eigenvalue weighted by Crippen LogP contribution is 2.35. The fraction of sp³-hybridized carbons (Fsp3) is 0.241. The summed E-state index contributed by atoms with van der Waals surface area (Å²) in [4.78, 5) is 4.28. The lowest BCUT2D eigenvalue weighted by atomic mass is 10.1. The van der Waals surface area contributed by atoms with E-state index in [1.165, 1.54) is 12.1 Å². The number of hydrogen-bond donors (Lipinski definition) is 3. The maximum atomic E-state index is 13.8. The predicted octanol–water partition coefficient (Wildman–Crippen LogP) is 4.73. The molecule has 4 aromatic rings. The molecule has 0 spiro atoms. The van der Waals surface area contributed by atoms with E-state index in [1.807, 2.05) is 43.3 Å². The van der Waals surface area contributed by atoms with E-state index in [0.29, 0.717) is 5.39 Å². The Morgan fingerprint density at radius 2 is 1.44 bits per heavy atom. The third kappa shape index (κ3) is 6.70. The maximum absolute atomic E-state index is 13.8. The Morgan fingerprint density at radius 1 is 0.732 bits per heavy atom. The van der Waals surface area contributed by atoms with Crippen LogP contribution in [0.25, 0.3) is 10.8 Å². The van der Waals surface area contributed by atoms with Crippen LogP contribution in [0.1, 0.15) is 6.42 Å². The molecule has 1 aliphatic heterocycles. The number of rotatable bonds is 8. The first kappa shape index (κ1) is 30.4. The second kappa shape index (κ2) is 12.6. The minimum absolute atomic E-state index is 0. The smallest absolute Gasteiger partial charge is 0.262 e. The van der Waals surface area contributed by atoms with Gasteiger partial charge in [-0.3, -0.25) is 9.44 Å². The summed E-state index contributed by atoms with van der Waals surface area (Å²) >= 11 is 0. The number of benzene rings is 4. The zero-order chi connectivity index (χ0) is 28.3. The summed E-state index contributed by atoms with van der Waals surface area (Å²) in [5.74, 6) is 0. The van der Waals surface area contributed by atoms with E-state index in [-0.39, 0.29) is 33.6 Å². The highest BCUT2D eigenvalue weighted by Gasteiger charge is 2.23. The van der Waals surface area contributed by atoms with Gasteiger partial charge in [0, 0.05) is 55.9 Å². The predicted molar refractivity (Wildman–Crippen MR) is 170 cm³/mol. The highest BCUT2D eigenvalue weighted by molar-refractivity contribution is 7.93. The van der Waals surface area contributed by atoms with Crippen LogP contribution in [0, 0.1) is 0 Å². The molecule has 1 aliphatic rings. The molecule has 0 aromatic heterocycles. The Labute approximate surface area is 248 Å². The molecule has 0 atom stereocenters. The first-order valence-corrected chi connectivity index (χ1v) is 16.0. The summed E-state index contributed by atoms with van der Waals surface area (Å²) in [6.07, 6.45) is 0.940. The zero-order valence-corrected chi connectivity index (χ0v) is 25.3. The van der Waals surface area contributed by atoms with Gasteiger partial charge in [-0.2, -0.15) is 0 Å². The van der Waals surface area contributed by atoms with Gasteiger partial charge in [0.2, 0.25) is 0 Å². The minimum atomic E-state index is -4.10. The second-order valence-electron chi connectivity index (χ2n) is 9.87. The van der Waals surface area contributed by atoms with Crippen molar-refractivity contribution in [3.63, 3.8) is 0 Å². The van der Waals surface area contributed by atoms with Crippen LogP contribution in [0.15, 0.2) is 94.7 Å². The fourth-order valence-electron chi connectivity index (χ4n) is 4.90. The van der Waals surface area contributed by atoms with E-state index >= 15 is 0 Å². The van der Waals surface area contributed by atoms with Gasteiger partial charge in [-0.15, -0.1) is 12.4 Å². The number of nitrogens with one attached hydrogen (secondary N) is 3. The van der Waals surface area contributed by atoms with Gasteiger partial charge in [0.05, 0.1) is 21.2 Å².